The quantitative estimate of drug-likeness (QED) is 0.648. The standard InChI is InChI=1S/C22H25ClN2O4/c1-28-19-8-10-20(11-9-19)29-16-2-3-21(26)24-12-14-25(15-13-24)22(27)17-4-6-18(23)7-5-17/h4-11H,2-3,12-16H2,1H3. The fourth-order valence-corrected chi connectivity index (χ4v) is 3.30. The van der Waals surface area contributed by atoms with E-state index < -0.39 is 0 Å². The Bertz CT molecular complexity index is 816. The topological polar surface area (TPSA) is 59.1 Å². The zero-order chi connectivity index (χ0) is 20.6. The number of ether oxygens (including phenoxy) is 2. The van der Waals surface area contributed by atoms with Crippen LogP contribution in [0.4, 0.5) is 0 Å². The summed E-state index contributed by atoms with van der Waals surface area (Å²) >= 11 is 5.87. The number of hydrogen-bond donors (Lipinski definition) is 0. The van der Waals surface area contributed by atoms with Gasteiger partial charge in [0.25, 0.3) is 5.91 Å². The summed E-state index contributed by atoms with van der Waals surface area (Å²) in [6.45, 7) is 2.66. The maximum absolute atomic E-state index is 12.5. The van der Waals surface area contributed by atoms with E-state index in [2.05, 4.69) is 0 Å². The smallest absolute Gasteiger partial charge is 0.253 e. The van der Waals surface area contributed by atoms with E-state index in [0.29, 0.717) is 56.2 Å². The zero-order valence-corrected chi connectivity index (χ0v) is 17.2. The van der Waals surface area contributed by atoms with Gasteiger partial charge >= 0.3 is 0 Å². The van der Waals surface area contributed by atoms with Crippen LogP contribution in [0.15, 0.2) is 48.5 Å². The van der Waals surface area contributed by atoms with Gasteiger partial charge in [-0.25, -0.2) is 0 Å². The van der Waals surface area contributed by atoms with Gasteiger partial charge < -0.3 is 19.3 Å². The van der Waals surface area contributed by atoms with Crippen LogP contribution in [-0.2, 0) is 4.79 Å². The molecule has 1 heterocycles. The third-order valence-corrected chi connectivity index (χ3v) is 5.13. The number of carbonyl (C=O) groups excluding carboxylic acids is 2. The lowest BCUT2D eigenvalue weighted by Crippen LogP contribution is -2.50. The number of nitrogens with zero attached hydrogens (tertiary/aromatic N) is 2. The molecule has 1 aliphatic rings. The van der Waals surface area contributed by atoms with Crippen LogP contribution in [-0.4, -0.2) is 61.5 Å². The van der Waals surface area contributed by atoms with Crippen LogP contribution in [0.1, 0.15) is 23.2 Å². The van der Waals surface area contributed by atoms with Crippen molar-refractivity contribution in [1.82, 2.24) is 9.80 Å². The average molecular weight is 417 g/mol. The molecule has 154 valence electrons. The Hall–Kier alpha value is -2.73. The Morgan fingerprint density at radius 2 is 1.48 bits per heavy atom. The minimum Gasteiger partial charge on any atom is -0.497 e. The van der Waals surface area contributed by atoms with Gasteiger partial charge in [0.05, 0.1) is 13.7 Å². The number of hydrogen-bond acceptors (Lipinski definition) is 4. The number of piperazine rings is 1. The maximum atomic E-state index is 12.5. The first-order valence-electron chi connectivity index (χ1n) is 9.66. The van der Waals surface area contributed by atoms with E-state index >= 15 is 0 Å². The summed E-state index contributed by atoms with van der Waals surface area (Å²) in [7, 11) is 1.62. The van der Waals surface area contributed by atoms with Gasteiger partial charge in [-0.2, -0.15) is 0 Å². The van der Waals surface area contributed by atoms with E-state index in [1.165, 1.54) is 0 Å². The highest BCUT2D eigenvalue weighted by atomic mass is 35.5. The Morgan fingerprint density at radius 1 is 0.897 bits per heavy atom. The van der Waals surface area contributed by atoms with Gasteiger partial charge in [-0.1, -0.05) is 11.6 Å². The zero-order valence-electron chi connectivity index (χ0n) is 16.5. The van der Waals surface area contributed by atoms with Crippen LogP contribution < -0.4 is 9.47 Å². The largest absolute Gasteiger partial charge is 0.497 e. The third-order valence-electron chi connectivity index (χ3n) is 4.87. The molecular formula is C22H25ClN2O4. The lowest BCUT2D eigenvalue weighted by atomic mass is 10.1. The van der Waals surface area contributed by atoms with Crippen LogP contribution in [0.3, 0.4) is 0 Å². The van der Waals surface area contributed by atoms with Crippen LogP contribution in [0, 0.1) is 0 Å². The summed E-state index contributed by atoms with van der Waals surface area (Å²) in [5.41, 5.74) is 0.616. The molecule has 0 aromatic heterocycles. The molecule has 2 amide bonds. The molecule has 0 radical (unpaired) electrons. The summed E-state index contributed by atoms with van der Waals surface area (Å²) in [5, 5.41) is 0.605. The van der Waals surface area contributed by atoms with Crippen molar-refractivity contribution in [3.63, 3.8) is 0 Å². The molecule has 3 rings (SSSR count). The monoisotopic (exact) mass is 416 g/mol. The highest BCUT2D eigenvalue weighted by Crippen LogP contribution is 2.17. The van der Waals surface area contributed by atoms with Crippen LogP contribution >= 0.6 is 11.6 Å². The number of methoxy groups -OCH3 is 1. The number of benzene rings is 2. The lowest BCUT2D eigenvalue weighted by molar-refractivity contribution is -0.132. The molecule has 0 aliphatic carbocycles. The minimum atomic E-state index is -0.0262. The first-order chi connectivity index (χ1) is 14.1. The molecule has 29 heavy (non-hydrogen) atoms. The van der Waals surface area contributed by atoms with Gasteiger partial charge in [-0.3, -0.25) is 9.59 Å². The predicted octanol–water partition coefficient (Wildman–Crippen LogP) is 3.49. The summed E-state index contributed by atoms with van der Waals surface area (Å²) in [5.74, 6) is 1.61. The second-order valence-corrected chi connectivity index (χ2v) is 7.24. The van der Waals surface area contributed by atoms with E-state index in [-0.39, 0.29) is 11.8 Å². The van der Waals surface area contributed by atoms with Crippen molar-refractivity contribution in [3.05, 3.63) is 59.1 Å². The summed E-state index contributed by atoms with van der Waals surface area (Å²) in [6.07, 6.45) is 1.08. The number of carbonyl (C=O) groups is 2. The highest BCUT2D eigenvalue weighted by Gasteiger charge is 2.24. The highest BCUT2D eigenvalue weighted by molar-refractivity contribution is 6.30. The van der Waals surface area contributed by atoms with Crippen LogP contribution in [0.25, 0.3) is 0 Å². The Kier molecular flexibility index (Phi) is 7.36. The predicted molar refractivity (Wildman–Crippen MR) is 112 cm³/mol. The van der Waals surface area contributed by atoms with Gasteiger partial charge in [0.1, 0.15) is 11.5 Å². The van der Waals surface area contributed by atoms with Crippen LogP contribution in [0.2, 0.25) is 5.02 Å². The summed E-state index contributed by atoms with van der Waals surface area (Å²) in [4.78, 5) is 28.5. The molecule has 2 aromatic rings. The molecule has 0 N–H and O–H groups in total. The van der Waals surface area contributed by atoms with Crippen molar-refractivity contribution in [1.29, 1.82) is 0 Å². The van der Waals surface area contributed by atoms with E-state index in [4.69, 9.17) is 21.1 Å². The van der Waals surface area contributed by atoms with Gasteiger partial charge in [0, 0.05) is 43.2 Å². The van der Waals surface area contributed by atoms with Crippen molar-refractivity contribution in [3.8, 4) is 11.5 Å². The second-order valence-electron chi connectivity index (χ2n) is 6.81. The first-order valence-corrected chi connectivity index (χ1v) is 10.0. The fraction of sp³-hybridized carbons (Fsp3) is 0.364. The average Bonchev–Trinajstić information content (AvgIpc) is 2.77. The van der Waals surface area contributed by atoms with Crippen molar-refractivity contribution in [2.24, 2.45) is 0 Å². The van der Waals surface area contributed by atoms with Crippen molar-refractivity contribution in [2.75, 3.05) is 39.9 Å². The van der Waals surface area contributed by atoms with Gasteiger partial charge in [-0.15, -0.1) is 0 Å². The summed E-state index contributed by atoms with van der Waals surface area (Å²) in [6, 6.07) is 14.2. The number of amides is 2. The molecule has 2 aromatic carbocycles. The molecule has 6 nitrogen and oxygen atoms in total. The van der Waals surface area contributed by atoms with Crippen molar-refractivity contribution in [2.45, 2.75) is 12.8 Å². The SMILES string of the molecule is COc1ccc(OCCCC(=O)N2CCN(C(=O)c3ccc(Cl)cc3)CC2)cc1. The van der Waals surface area contributed by atoms with Crippen molar-refractivity contribution < 1.29 is 19.1 Å². The molecule has 7 heteroatoms. The number of rotatable bonds is 7. The first kappa shape index (κ1) is 21.0. The maximum Gasteiger partial charge on any atom is 0.253 e. The van der Waals surface area contributed by atoms with E-state index in [1.807, 2.05) is 29.2 Å². The molecule has 1 fully saturated rings. The molecule has 0 unspecified atom stereocenters. The van der Waals surface area contributed by atoms with Crippen LogP contribution in [0.5, 0.6) is 11.5 Å². The molecule has 1 aliphatic heterocycles. The molecule has 0 bridgehead atoms. The van der Waals surface area contributed by atoms with E-state index in [0.717, 1.165) is 11.5 Å². The molecule has 1 saturated heterocycles. The summed E-state index contributed by atoms with van der Waals surface area (Å²) < 4.78 is 10.8. The minimum absolute atomic E-state index is 0.0262. The molecule has 0 spiro atoms. The Balaban J connectivity index is 1.37. The fourth-order valence-electron chi connectivity index (χ4n) is 3.18. The van der Waals surface area contributed by atoms with Gasteiger partial charge in [0.2, 0.25) is 5.91 Å². The van der Waals surface area contributed by atoms with Gasteiger partial charge in [0.15, 0.2) is 0 Å². The Labute approximate surface area is 176 Å². The van der Waals surface area contributed by atoms with Crippen molar-refractivity contribution >= 4 is 23.4 Å². The van der Waals surface area contributed by atoms with E-state index in [9.17, 15) is 9.59 Å². The lowest BCUT2D eigenvalue weighted by Gasteiger charge is -2.35. The third kappa shape index (κ3) is 5.87. The molecular weight excluding hydrogens is 392 g/mol. The van der Waals surface area contributed by atoms with E-state index in [1.54, 1.807) is 36.3 Å². The second kappa shape index (κ2) is 10.2. The number of halogens is 1. The molecule has 0 atom stereocenters. The normalized spacial score (nSPS) is 13.9. The van der Waals surface area contributed by atoms with Gasteiger partial charge in [-0.05, 0) is 55.0 Å². The molecule has 0 saturated carbocycles. The Morgan fingerprint density at radius 3 is 2.10 bits per heavy atom.